The van der Waals surface area contributed by atoms with Crippen LogP contribution < -0.4 is 4.74 Å². The first kappa shape index (κ1) is 17.1. The Labute approximate surface area is 135 Å². The maximum atomic E-state index is 12.9. The summed E-state index contributed by atoms with van der Waals surface area (Å²) >= 11 is 0. The Morgan fingerprint density at radius 1 is 1.23 bits per heavy atom. The number of aryl methyl sites for hydroxylation is 1. The lowest BCUT2D eigenvalue weighted by Crippen LogP contribution is -2.19. The van der Waals surface area contributed by atoms with Crippen molar-refractivity contribution >= 4 is 5.78 Å². The second-order valence-electron chi connectivity index (χ2n) is 6.91. The topological polar surface area (TPSA) is 26.3 Å². The first-order chi connectivity index (χ1) is 10.5. The summed E-state index contributed by atoms with van der Waals surface area (Å²) in [5, 5.41) is 0. The fourth-order valence-corrected chi connectivity index (χ4v) is 3.34. The molecule has 1 aliphatic carbocycles. The molecule has 0 radical (unpaired) electrons. The van der Waals surface area contributed by atoms with E-state index >= 15 is 0 Å². The Bertz CT molecular complexity index is 511. The molecule has 0 N–H and O–H groups in total. The molecule has 0 unspecified atom stereocenters. The van der Waals surface area contributed by atoms with E-state index in [1.54, 1.807) is 0 Å². The zero-order chi connectivity index (χ0) is 16.1. The highest BCUT2D eigenvalue weighted by Gasteiger charge is 2.25. The van der Waals surface area contributed by atoms with Gasteiger partial charge in [0.25, 0.3) is 0 Å². The summed E-state index contributed by atoms with van der Waals surface area (Å²) in [6.07, 6.45) is 6.80. The van der Waals surface area contributed by atoms with E-state index < -0.39 is 0 Å². The molecule has 0 saturated heterocycles. The molecule has 2 heteroatoms. The van der Waals surface area contributed by atoms with Gasteiger partial charge < -0.3 is 4.74 Å². The van der Waals surface area contributed by atoms with E-state index in [1.807, 2.05) is 6.92 Å². The first-order valence-electron chi connectivity index (χ1n) is 8.86. The van der Waals surface area contributed by atoms with Crippen LogP contribution in [0.2, 0.25) is 0 Å². The largest absolute Gasteiger partial charge is 0.493 e. The number of hydrogen-bond donors (Lipinski definition) is 0. The minimum absolute atomic E-state index is 0.231. The Balaban J connectivity index is 2.31. The Kier molecular flexibility index (Phi) is 6.05. The Morgan fingerprint density at radius 3 is 2.50 bits per heavy atom. The molecule has 1 fully saturated rings. The summed E-state index contributed by atoms with van der Waals surface area (Å²) in [5.74, 6) is 1.90. The quantitative estimate of drug-likeness (QED) is 0.633. The zero-order valence-electron chi connectivity index (χ0n) is 14.6. The maximum Gasteiger partial charge on any atom is 0.166 e. The van der Waals surface area contributed by atoms with Crippen LogP contribution in [0.15, 0.2) is 12.1 Å². The predicted octanol–water partition coefficient (Wildman–Crippen LogP) is 5.67. The molecule has 1 aromatic rings. The molecular weight excluding hydrogens is 272 g/mol. The molecule has 2 rings (SSSR count). The van der Waals surface area contributed by atoms with E-state index in [9.17, 15) is 4.79 Å². The van der Waals surface area contributed by atoms with E-state index in [2.05, 4.69) is 32.9 Å². The van der Waals surface area contributed by atoms with Crippen LogP contribution in [0.1, 0.15) is 86.7 Å². The third-order valence-corrected chi connectivity index (χ3v) is 4.68. The van der Waals surface area contributed by atoms with Crippen molar-refractivity contribution in [2.75, 3.05) is 6.61 Å². The Hall–Kier alpha value is -1.31. The van der Waals surface area contributed by atoms with Crippen LogP contribution in [-0.2, 0) is 0 Å². The number of Topliss-reactive ketones (excluding diaryl/α,β-unsaturated/α-hetero) is 1. The number of ketones is 1. The van der Waals surface area contributed by atoms with Crippen LogP contribution >= 0.6 is 0 Å². The molecule has 0 aromatic heterocycles. The molecule has 0 spiro atoms. The van der Waals surface area contributed by atoms with Crippen molar-refractivity contribution in [2.24, 2.45) is 5.92 Å². The van der Waals surface area contributed by atoms with Crippen molar-refractivity contribution in [3.63, 3.8) is 0 Å². The van der Waals surface area contributed by atoms with E-state index in [0.717, 1.165) is 42.7 Å². The molecule has 2 nitrogen and oxygen atoms in total. The highest BCUT2D eigenvalue weighted by molar-refractivity contribution is 5.99. The van der Waals surface area contributed by atoms with Gasteiger partial charge in [-0.05, 0) is 55.4 Å². The average molecular weight is 302 g/mol. The van der Waals surface area contributed by atoms with E-state index in [4.69, 9.17) is 4.74 Å². The molecule has 1 saturated carbocycles. The Morgan fingerprint density at radius 2 is 1.91 bits per heavy atom. The summed E-state index contributed by atoms with van der Waals surface area (Å²) in [6.45, 7) is 9.22. The molecule has 0 heterocycles. The molecule has 0 aliphatic heterocycles. The van der Waals surface area contributed by atoms with Crippen LogP contribution in [0.4, 0.5) is 0 Å². The number of benzene rings is 1. The van der Waals surface area contributed by atoms with E-state index in [-0.39, 0.29) is 5.92 Å². The van der Waals surface area contributed by atoms with Gasteiger partial charge in [-0.15, -0.1) is 0 Å². The molecule has 1 aromatic carbocycles. The zero-order valence-corrected chi connectivity index (χ0v) is 14.6. The summed E-state index contributed by atoms with van der Waals surface area (Å²) in [5.41, 5.74) is 3.14. The molecule has 0 amide bonds. The van der Waals surface area contributed by atoms with Gasteiger partial charge in [0.1, 0.15) is 5.75 Å². The third kappa shape index (κ3) is 3.91. The lowest BCUT2D eigenvalue weighted by atomic mass is 9.82. The smallest absolute Gasteiger partial charge is 0.166 e. The fraction of sp³-hybridized carbons (Fsp3) is 0.650. The standard InChI is InChI=1S/C20H30O2/c1-5-11-22-19-12-15(4)18(13-17(19)14(2)3)20(21)16-9-7-6-8-10-16/h12-14,16H,5-11H2,1-4H3. The average Bonchev–Trinajstić information content (AvgIpc) is 2.52. The summed E-state index contributed by atoms with van der Waals surface area (Å²) in [4.78, 5) is 12.9. The van der Waals surface area contributed by atoms with Crippen LogP contribution in [0, 0.1) is 12.8 Å². The molecule has 1 aliphatic rings. The lowest BCUT2D eigenvalue weighted by molar-refractivity contribution is 0.0888. The van der Waals surface area contributed by atoms with Crippen molar-refractivity contribution in [3.8, 4) is 5.75 Å². The van der Waals surface area contributed by atoms with Crippen molar-refractivity contribution in [2.45, 2.75) is 72.1 Å². The molecular formula is C20H30O2. The van der Waals surface area contributed by atoms with Crippen molar-refractivity contribution in [3.05, 3.63) is 28.8 Å². The van der Waals surface area contributed by atoms with Crippen molar-refractivity contribution in [1.82, 2.24) is 0 Å². The molecule has 0 bridgehead atoms. The van der Waals surface area contributed by atoms with Gasteiger partial charge in [0.2, 0.25) is 0 Å². The maximum absolute atomic E-state index is 12.9. The van der Waals surface area contributed by atoms with Gasteiger partial charge >= 0.3 is 0 Å². The number of carbonyl (C=O) groups is 1. The van der Waals surface area contributed by atoms with Gasteiger partial charge in [-0.1, -0.05) is 40.0 Å². The lowest BCUT2D eigenvalue weighted by Gasteiger charge is -2.23. The number of ether oxygens (including phenoxy) is 1. The van der Waals surface area contributed by atoms with Crippen LogP contribution in [0.3, 0.4) is 0 Å². The normalized spacial score (nSPS) is 16.0. The highest BCUT2D eigenvalue weighted by atomic mass is 16.5. The van der Waals surface area contributed by atoms with Crippen molar-refractivity contribution in [1.29, 1.82) is 0 Å². The van der Waals surface area contributed by atoms with E-state index in [1.165, 1.54) is 24.8 Å². The monoisotopic (exact) mass is 302 g/mol. The fourth-order valence-electron chi connectivity index (χ4n) is 3.34. The minimum atomic E-state index is 0.231. The summed E-state index contributed by atoms with van der Waals surface area (Å²) in [6, 6.07) is 4.17. The number of rotatable bonds is 6. The predicted molar refractivity (Wildman–Crippen MR) is 92.0 cm³/mol. The molecule has 22 heavy (non-hydrogen) atoms. The second-order valence-corrected chi connectivity index (χ2v) is 6.91. The van der Waals surface area contributed by atoms with Gasteiger partial charge in [0, 0.05) is 11.5 Å². The van der Waals surface area contributed by atoms with Gasteiger partial charge in [-0.25, -0.2) is 0 Å². The third-order valence-electron chi connectivity index (χ3n) is 4.68. The van der Waals surface area contributed by atoms with Crippen molar-refractivity contribution < 1.29 is 9.53 Å². The van der Waals surface area contributed by atoms with E-state index in [0.29, 0.717) is 11.7 Å². The van der Waals surface area contributed by atoms with Crippen LogP contribution in [0.5, 0.6) is 5.75 Å². The first-order valence-corrected chi connectivity index (χ1v) is 8.86. The number of hydrogen-bond acceptors (Lipinski definition) is 2. The summed E-state index contributed by atoms with van der Waals surface area (Å²) < 4.78 is 5.90. The van der Waals surface area contributed by atoms with Gasteiger partial charge in [-0.3, -0.25) is 4.79 Å². The van der Waals surface area contributed by atoms with Crippen LogP contribution in [0.25, 0.3) is 0 Å². The van der Waals surface area contributed by atoms with Gasteiger partial charge in [0.15, 0.2) is 5.78 Å². The number of carbonyl (C=O) groups excluding carboxylic acids is 1. The van der Waals surface area contributed by atoms with Gasteiger partial charge in [0.05, 0.1) is 6.61 Å². The minimum Gasteiger partial charge on any atom is -0.493 e. The summed E-state index contributed by atoms with van der Waals surface area (Å²) in [7, 11) is 0. The highest BCUT2D eigenvalue weighted by Crippen LogP contribution is 2.33. The SMILES string of the molecule is CCCOc1cc(C)c(C(=O)C2CCCCC2)cc1C(C)C. The second kappa shape index (κ2) is 7.80. The molecule has 122 valence electrons. The molecule has 0 atom stereocenters. The van der Waals surface area contributed by atoms with Crippen LogP contribution in [-0.4, -0.2) is 12.4 Å². The van der Waals surface area contributed by atoms with Gasteiger partial charge in [-0.2, -0.15) is 0 Å².